The number of hydrogen-bond acceptors (Lipinski definition) is 6. The van der Waals surface area contributed by atoms with Gasteiger partial charge in [-0.2, -0.15) is 0 Å². The molecule has 3 aromatic rings. The van der Waals surface area contributed by atoms with Crippen molar-refractivity contribution >= 4 is 27.2 Å². The van der Waals surface area contributed by atoms with Gasteiger partial charge in [-0.15, -0.1) is 11.3 Å². The van der Waals surface area contributed by atoms with Crippen molar-refractivity contribution in [1.82, 2.24) is 9.97 Å². The Morgan fingerprint density at radius 2 is 2.15 bits per heavy atom. The van der Waals surface area contributed by atoms with Crippen LogP contribution in [0.2, 0.25) is 0 Å². The summed E-state index contributed by atoms with van der Waals surface area (Å²) in [6.45, 7) is 2.33. The second-order valence-corrected chi connectivity index (χ2v) is 7.67. The first-order chi connectivity index (χ1) is 12.5. The van der Waals surface area contributed by atoms with Crippen molar-refractivity contribution in [3.8, 4) is 5.75 Å². The Morgan fingerprint density at radius 1 is 1.38 bits per heavy atom. The Bertz CT molecular complexity index is 1040. The largest absolute Gasteiger partial charge is 0.486 e. The molecule has 1 aromatic carbocycles. The number of hydrogen-bond donors (Lipinski definition) is 1. The predicted octanol–water partition coefficient (Wildman–Crippen LogP) is 3.60. The molecule has 1 N–H and O–H groups in total. The molecular weight excluding hydrogens is 354 g/mol. The van der Waals surface area contributed by atoms with E-state index >= 15 is 0 Å². The third-order valence-corrected chi connectivity index (χ3v) is 5.79. The van der Waals surface area contributed by atoms with Gasteiger partial charge in [-0.05, 0) is 42.9 Å². The van der Waals surface area contributed by atoms with Crippen LogP contribution in [-0.4, -0.2) is 14.9 Å². The molecule has 26 heavy (non-hydrogen) atoms. The van der Waals surface area contributed by atoms with Crippen LogP contribution in [0.1, 0.15) is 29.6 Å². The normalized spacial score (nSPS) is 16.4. The maximum atomic E-state index is 12.5. The fourth-order valence-electron chi connectivity index (χ4n) is 3.28. The highest BCUT2D eigenvalue weighted by molar-refractivity contribution is 7.18. The van der Waals surface area contributed by atoms with E-state index in [9.17, 15) is 14.9 Å². The Balaban J connectivity index is 1.57. The third-order valence-electron chi connectivity index (χ3n) is 4.64. The number of benzene rings is 1. The Kier molecular flexibility index (Phi) is 4.20. The Hall–Kier alpha value is -2.74. The summed E-state index contributed by atoms with van der Waals surface area (Å²) in [6.07, 6.45) is 3.04. The molecule has 1 atom stereocenters. The molecule has 0 fully saturated rings. The molecule has 0 saturated carbocycles. The molecule has 4 rings (SSSR count). The van der Waals surface area contributed by atoms with E-state index < -0.39 is 4.92 Å². The number of aromatic nitrogens is 2. The summed E-state index contributed by atoms with van der Waals surface area (Å²) in [7, 11) is 0. The zero-order valence-electron chi connectivity index (χ0n) is 14.2. The maximum absolute atomic E-state index is 12.5. The number of rotatable bonds is 4. The fraction of sp³-hybridized carbons (Fsp3) is 0.333. The van der Waals surface area contributed by atoms with Crippen LogP contribution in [0.15, 0.2) is 29.1 Å². The highest BCUT2D eigenvalue weighted by Gasteiger charge is 2.23. The van der Waals surface area contributed by atoms with Crippen LogP contribution in [0.5, 0.6) is 5.75 Å². The van der Waals surface area contributed by atoms with Gasteiger partial charge in [0.1, 0.15) is 23.0 Å². The van der Waals surface area contributed by atoms with E-state index in [-0.39, 0.29) is 17.9 Å². The van der Waals surface area contributed by atoms with Gasteiger partial charge in [-0.25, -0.2) is 4.98 Å². The smallest absolute Gasteiger partial charge is 0.269 e. The molecule has 0 radical (unpaired) electrons. The van der Waals surface area contributed by atoms with E-state index in [2.05, 4.69) is 16.9 Å². The molecule has 8 heteroatoms. The summed E-state index contributed by atoms with van der Waals surface area (Å²) in [5.41, 5.74) is 1.03. The van der Waals surface area contributed by atoms with Gasteiger partial charge in [0, 0.05) is 17.0 Å². The van der Waals surface area contributed by atoms with Gasteiger partial charge >= 0.3 is 0 Å². The standard InChI is InChI=1S/C18H17N3O4S/c1-10-2-7-13-14(8-10)26-18-16(13)17(22)19-15(20-18)9-25-12-5-3-11(4-6-12)21(23)24/h3-6,10H,2,7-9H2,1H3,(H,19,20,22)/t10-/m1/s1. The first kappa shape index (κ1) is 16.7. The van der Waals surface area contributed by atoms with Crippen molar-refractivity contribution in [1.29, 1.82) is 0 Å². The molecule has 0 spiro atoms. The van der Waals surface area contributed by atoms with Gasteiger partial charge in [0.2, 0.25) is 0 Å². The predicted molar refractivity (Wildman–Crippen MR) is 98.9 cm³/mol. The highest BCUT2D eigenvalue weighted by atomic mass is 32.1. The molecule has 1 aliphatic carbocycles. The lowest BCUT2D eigenvalue weighted by Gasteiger charge is -2.17. The van der Waals surface area contributed by atoms with Gasteiger partial charge in [-0.3, -0.25) is 14.9 Å². The van der Waals surface area contributed by atoms with Crippen molar-refractivity contribution < 1.29 is 9.66 Å². The second-order valence-electron chi connectivity index (χ2n) is 6.58. The second kappa shape index (κ2) is 6.53. The lowest BCUT2D eigenvalue weighted by molar-refractivity contribution is -0.384. The molecule has 0 saturated heterocycles. The lowest BCUT2D eigenvalue weighted by Crippen LogP contribution is -2.15. The molecule has 7 nitrogen and oxygen atoms in total. The Labute approximate surface area is 152 Å². The van der Waals surface area contributed by atoms with Crippen molar-refractivity contribution in [2.75, 3.05) is 0 Å². The minimum atomic E-state index is -0.462. The van der Waals surface area contributed by atoms with Crippen molar-refractivity contribution in [2.24, 2.45) is 5.92 Å². The topological polar surface area (TPSA) is 98.1 Å². The summed E-state index contributed by atoms with van der Waals surface area (Å²) in [5.74, 6) is 1.57. The zero-order chi connectivity index (χ0) is 18.3. The number of thiophene rings is 1. The van der Waals surface area contributed by atoms with E-state index in [1.54, 1.807) is 11.3 Å². The van der Waals surface area contributed by atoms with Gasteiger partial charge < -0.3 is 9.72 Å². The molecule has 0 amide bonds. The van der Waals surface area contributed by atoms with E-state index in [4.69, 9.17) is 4.74 Å². The number of nitrogens with one attached hydrogen (secondary N) is 1. The van der Waals surface area contributed by atoms with Gasteiger partial charge in [0.25, 0.3) is 11.2 Å². The van der Waals surface area contributed by atoms with E-state index in [0.717, 1.165) is 35.0 Å². The zero-order valence-corrected chi connectivity index (χ0v) is 15.0. The third kappa shape index (κ3) is 3.08. The minimum Gasteiger partial charge on any atom is -0.486 e. The quantitative estimate of drug-likeness (QED) is 0.558. The number of ether oxygens (including phenoxy) is 1. The molecular formula is C18H17N3O4S. The van der Waals surface area contributed by atoms with Crippen LogP contribution in [0.4, 0.5) is 5.69 Å². The maximum Gasteiger partial charge on any atom is 0.269 e. The van der Waals surface area contributed by atoms with Crippen LogP contribution < -0.4 is 10.3 Å². The van der Waals surface area contributed by atoms with E-state index in [0.29, 0.717) is 17.5 Å². The number of aromatic amines is 1. The van der Waals surface area contributed by atoms with Crippen LogP contribution >= 0.6 is 11.3 Å². The number of nitrogens with zero attached hydrogens (tertiary/aromatic N) is 2. The minimum absolute atomic E-state index is 0.00342. The number of aryl methyl sites for hydroxylation is 1. The molecule has 134 valence electrons. The van der Waals surface area contributed by atoms with Crippen LogP contribution in [0.3, 0.4) is 0 Å². The molecule has 2 heterocycles. The van der Waals surface area contributed by atoms with Crippen LogP contribution in [0.25, 0.3) is 10.2 Å². The summed E-state index contributed by atoms with van der Waals surface area (Å²) < 4.78 is 5.60. The monoisotopic (exact) mass is 371 g/mol. The van der Waals surface area contributed by atoms with Crippen LogP contribution in [0, 0.1) is 16.0 Å². The van der Waals surface area contributed by atoms with E-state index in [1.807, 2.05) is 0 Å². The average molecular weight is 371 g/mol. The SMILES string of the molecule is C[C@@H]1CCc2c(sc3nc(COc4ccc([N+](=O)[O-])cc4)[nH]c(=O)c23)C1. The number of non-ortho nitro benzene ring substituents is 1. The van der Waals surface area contributed by atoms with Gasteiger partial charge in [0.15, 0.2) is 0 Å². The summed E-state index contributed by atoms with van der Waals surface area (Å²) in [4.78, 5) is 32.1. The average Bonchev–Trinajstić information content (AvgIpc) is 2.98. The van der Waals surface area contributed by atoms with Crippen molar-refractivity contribution in [3.05, 3.63) is 61.0 Å². The number of nitro benzene ring substituents is 1. The molecule has 2 aromatic heterocycles. The fourth-order valence-corrected chi connectivity index (χ4v) is 4.68. The van der Waals surface area contributed by atoms with Crippen molar-refractivity contribution in [2.45, 2.75) is 32.8 Å². The summed E-state index contributed by atoms with van der Waals surface area (Å²) in [5, 5.41) is 11.4. The van der Waals surface area contributed by atoms with Crippen LogP contribution in [-0.2, 0) is 19.4 Å². The summed E-state index contributed by atoms with van der Waals surface area (Å²) in [6, 6.07) is 5.81. The lowest BCUT2D eigenvalue weighted by atomic mass is 9.89. The number of H-pyrrole nitrogens is 1. The Morgan fingerprint density at radius 3 is 2.88 bits per heavy atom. The molecule has 0 bridgehead atoms. The molecule has 1 aliphatic rings. The highest BCUT2D eigenvalue weighted by Crippen LogP contribution is 2.35. The first-order valence-electron chi connectivity index (χ1n) is 8.42. The molecule has 0 aliphatic heterocycles. The van der Waals surface area contributed by atoms with E-state index in [1.165, 1.54) is 29.1 Å². The summed E-state index contributed by atoms with van der Waals surface area (Å²) >= 11 is 1.60. The molecule has 0 unspecified atom stereocenters. The van der Waals surface area contributed by atoms with Gasteiger partial charge in [0.05, 0.1) is 10.3 Å². The number of fused-ring (bicyclic) bond motifs is 3. The van der Waals surface area contributed by atoms with Gasteiger partial charge in [-0.1, -0.05) is 6.92 Å². The number of nitro groups is 1. The first-order valence-corrected chi connectivity index (χ1v) is 9.23. The van der Waals surface area contributed by atoms with Crippen molar-refractivity contribution in [3.63, 3.8) is 0 Å².